The number of rotatable bonds is 6. The third-order valence-corrected chi connectivity index (χ3v) is 5.99. The molecule has 4 nitrogen and oxygen atoms in total. The number of hydrogen-bond acceptors (Lipinski definition) is 4. The zero-order chi connectivity index (χ0) is 19.5. The van der Waals surface area contributed by atoms with E-state index in [9.17, 15) is 4.39 Å². The molecule has 0 radical (unpaired) electrons. The summed E-state index contributed by atoms with van der Waals surface area (Å²) in [4.78, 5) is 11.3. The Bertz CT molecular complexity index is 1060. The number of hydrogen-bond donors (Lipinski definition) is 2. The lowest BCUT2D eigenvalue weighted by Crippen LogP contribution is -3.06. The molecule has 0 saturated heterocycles. The van der Waals surface area contributed by atoms with Gasteiger partial charge in [0.1, 0.15) is 24.0 Å². The van der Waals surface area contributed by atoms with Crippen LogP contribution in [-0.4, -0.2) is 30.6 Å². The van der Waals surface area contributed by atoms with Crippen molar-refractivity contribution < 1.29 is 9.29 Å². The standard InChI is InChI=1S/C22H21FN4S/c1-27(2)19(15-6-4-3-5-7-15)13-24-22-21-18(25-14-26-22)12-20(28-21)16-8-10-17(23)11-9-16/h3-12,14,19H,13H2,1-2H3,(H,24,25,26)/p+1/t19-/m0/s1. The lowest BCUT2D eigenvalue weighted by Gasteiger charge is -2.22. The van der Waals surface area contributed by atoms with E-state index < -0.39 is 0 Å². The van der Waals surface area contributed by atoms with Gasteiger partial charge >= 0.3 is 0 Å². The molecular weight excluding hydrogens is 371 g/mol. The van der Waals surface area contributed by atoms with E-state index in [4.69, 9.17) is 0 Å². The maximum absolute atomic E-state index is 13.2. The molecule has 28 heavy (non-hydrogen) atoms. The van der Waals surface area contributed by atoms with Crippen LogP contribution in [0.1, 0.15) is 11.6 Å². The SMILES string of the molecule is C[NH+](C)[C@@H](CNc1ncnc2cc(-c3ccc(F)cc3)sc12)c1ccccc1. The van der Waals surface area contributed by atoms with Gasteiger partial charge in [0.2, 0.25) is 0 Å². The van der Waals surface area contributed by atoms with Crippen LogP contribution in [0.3, 0.4) is 0 Å². The zero-order valence-electron chi connectivity index (χ0n) is 15.8. The molecule has 2 aromatic carbocycles. The second-order valence-electron chi connectivity index (χ2n) is 6.98. The Labute approximate surface area is 167 Å². The van der Waals surface area contributed by atoms with Gasteiger partial charge in [-0.25, -0.2) is 14.4 Å². The Balaban J connectivity index is 1.61. The third kappa shape index (κ3) is 3.88. The van der Waals surface area contributed by atoms with Crippen molar-refractivity contribution in [2.24, 2.45) is 0 Å². The smallest absolute Gasteiger partial charge is 0.147 e. The Kier molecular flexibility index (Phi) is 5.32. The molecule has 0 aliphatic carbocycles. The van der Waals surface area contributed by atoms with Gasteiger partial charge in [0.25, 0.3) is 0 Å². The van der Waals surface area contributed by atoms with E-state index in [1.807, 2.05) is 12.1 Å². The topological polar surface area (TPSA) is 42.2 Å². The van der Waals surface area contributed by atoms with Crippen LogP contribution in [0.15, 0.2) is 67.0 Å². The fourth-order valence-corrected chi connectivity index (χ4v) is 4.36. The number of thiophene rings is 1. The first-order chi connectivity index (χ1) is 13.6. The number of nitrogens with one attached hydrogen (secondary N) is 2. The van der Waals surface area contributed by atoms with Crippen molar-refractivity contribution in [3.8, 4) is 10.4 Å². The van der Waals surface area contributed by atoms with Gasteiger partial charge in [0.15, 0.2) is 0 Å². The highest BCUT2D eigenvalue weighted by Crippen LogP contribution is 2.35. The van der Waals surface area contributed by atoms with Gasteiger partial charge in [-0.15, -0.1) is 11.3 Å². The van der Waals surface area contributed by atoms with Crippen LogP contribution in [0, 0.1) is 5.82 Å². The summed E-state index contributed by atoms with van der Waals surface area (Å²) in [6, 6.07) is 19.4. The summed E-state index contributed by atoms with van der Waals surface area (Å²) in [5.41, 5.74) is 3.17. The molecule has 0 unspecified atom stereocenters. The fourth-order valence-electron chi connectivity index (χ4n) is 3.28. The molecule has 4 aromatic rings. The third-order valence-electron chi connectivity index (χ3n) is 4.81. The van der Waals surface area contributed by atoms with Gasteiger partial charge < -0.3 is 10.2 Å². The molecule has 4 rings (SSSR count). The second-order valence-corrected chi connectivity index (χ2v) is 8.03. The largest absolute Gasteiger partial charge is 0.362 e. The van der Waals surface area contributed by atoms with Gasteiger partial charge in [0.05, 0.1) is 30.9 Å². The highest BCUT2D eigenvalue weighted by molar-refractivity contribution is 7.22. The molecule has 142 valence electrons. The van der Waals surface area contributed by atoms with Crippen LogP contribution in [0.5, 0.6) is 0 Å². The Morgan fingerprint density at radius 1 is 1.04 bits per heavy atom. The number of likely N-dealkylation sites (N-methyl/N-ethyl adjacent to an activating group) is 1. The van der Waals surface area contributed by atoms with Crippen LogP contribution in [0.2, 0.25) is 0 Å². The molecule has 2 N–H and O–H groups in total. The summed E-state index contributed by atoms with van der Waals surface area (Å²) in [6.45, 7) is 0.766. The summed E-state index contributed by atoms with van der Waals surface area (Å²) in [7, 11) is 4.32. The van der Waals surface area contributed by atoms with E-state index in [1.54, 1.807) is 29.8 Å². The minimum absolute atomic E-state index is 0.231. The van der Waals surface area contributed by atoms with E-state index in [0.717, 1.165) is 33.0 Å². The first-order valence-electron chi connectivity index (χ1n) is 9.21. The lowest BCUT2D eigenvalue weighted by molar-refractivity contribution is -0.890. The van der Waals surface area contributed by atoms with Crippen molar-refractivity contribution in [2.45, 2.75) is 6.04 Å². The van der Waals surface area contributed by atoms with E-state index in [-0.39, 0.29) is 5.82 Å². The molecule has 6 heteroatoms. The van der Waals surface area contributed by atoms with Gasteiger partial charge in [-0.1, -0.05) is 42.5 Å². The quantitative estimate of drug-likeness (QED) is 0.524. The van der Waals surface area contributed by atoms with Gasteiger partial charge in [-0.3, -0.25) is 0 Å². The number of aromatic nitrogens is 2. The monoisotopic (exact) mass is 393 g/mol. The van der Waals surface area contributed by atoms with Gasteiger partial charge in [0, 0.05) is 10.4 Å². The lowest BCUT2D eigenvalue weighted by atomic mass is 10.1. The fraction of sp³-hybridized carbons (Fsp3) is 0.182. The maximum Gasteiger partial charge on any atom is 0.147 e. The summed E-state index contributed by atoms with van der Waals surface area (Å²) < 4.78 is 14.2. The minimum atomic E-state index is -0.231. The second kappa shape index (κ2) is 8.04. The Hall–Kier alpha value is -2.83. The van der Waals surface area contributed by atoms with Gasteiger partial charge in [-0.05, 0) is 23.8 Å². The number of anilines is 1. The van der Waals surface area contributed by atoms with Crippen molar-refractivity contribution in [3.05, 3.63) is 78.4 Å². The number of quaternary nitrogens is 1. The molecule has 0 aliphatic rings. The molecule has 0 fully saturated rings. The number of halogens is 1. The molecule has 0 bridgehead atoms. The number of benzene rings is 2. The predicted octanol–water partition coefficient (Wildman–Crippen LogP) is 3.80. The summed E-state index contributed by atoms with van der Waals surface area (Å²) in [5.74, 6) is 0.607. The van der Waals surface area contributed by atoms with E-state index >= 15 is 0 Å². The van der Waals surface area contributed by atoms with Crippen molar-refractivity contribution in [1.29, 1.82) is 0 Å². The molecule has 2 heterocycles. The highest BCUT2D eigenvalue weighted by Gasteiger charge is 2.18. The molecular formula is C22H22FN4S+. The Morgan fingerprint density at radius 3 is 2.50 bits per heavy atom. The van der Waals surface area contributed by atoms with Crippen molar-refractivity contribution in [3.63, 3.8) is 0 Å². The average Bonchev–Trinajstić information content (AvgIpc) is 3.14. The van der Waals surface area contributed by atoms with Crippen LogP contribution in [0.25, 0.3) is 20.7 Å². The highest BCUT2D eigenvalue weighted by atomic mass is 32.1. The number of fused-ring (bicyclic) bond motifs is 1. The van der Waals surface area contributed by atoms with Gasteiger partial charge in [-0.2, -0.15) is 0 Å². The van der Waals surface area contributed by atoms with Crippen molar-refractivity contribution >= 4 is 27.4 Å². The maximum atomic E-state index is 13.2. The molecule has 0 saturated carbocycles. The Morgan fingerprint density at radius 2 is 1.79 bits per heavy atom. The van der Waals surface area contributed by atoms with Crippen LogP contribution >= 0.6 is 11.3 Å². The number of nitrogens with zero attached hydrogens (tertiary/aromatic N) is 2. The normalized spacial score (nSPS) is 12.4. The van der Waals surface area contributed by atoms with Crippen molar-refractivity contribution in [1.82, 2.24) is 9.97 Å². The van der Waals surface area contributed by atoms with Crippen molar-refractivity contribution in [2.75, 3.05) is 26.0 Å². The summed E-state index contributed by atoms with van der Waals surface area (Å²) in [5, 5.41) is 3.52. The van der Waals surface area contributed by atoms with Crippen LogP contribution in [0.4, 0.5) is 10.2 Å². The molecule has 0 aliphatic heterocycles. The molecule has 2 aromatic heterocycles. The summed E-state index contributed by atoms with van der Waals surface area (Å²) >= 11 is 1.62. The van der Waals surface area contributed by atoms with Crippen LogP contribution in [-0.2, 0) is 0 Å². The zero-order valence-corrected chi connectivity index (χ0v) is 16.6. The molecule has 1 atom stereocenters. The van der Waals surface area contributed by atoms with Crippen LogP contribution < -0.4 is 10.2 Å². The molecule has 0 spiro atoms. The predicted molar refractivity (Wildman–Crippen MR) is 113 cm³/mol. The first-order valence-corrected chi connectivity index (χ1v) is 10.0. The van der Waals surface area contributed by atoms with E-state index in [1.165, 1.54) is 22.6 Å². The first kappa shape index (κ1) is 18.5. The van der Waals surface area contributed by atoms with E-state index in [2.05, 4.69) is 53.6 Å². The average molecular weight is 394 g/mol. The molecule has 0 amide bonds. The summed E-state index contributed by atoms with van der Waals surface area (Å²) in [6.07, 6.45) is 1.59. The minimum Gasteiger partial charge on any atom is -0.362 e. The van der Waals surface area contributed by atoms with E-state index in [0.29, 0.717) is 6.04 Å².